The Morgan fingerprint density at radius 2 is 1.82 bits per heavy atom. The number of hydrogen-bond donors (Lipinski definition) is 2. The van der Waals surface area contributed by atoms with E-state index in [1.165, 1.54) is 0 Å². The van der Waals surface area contributed by atoms with Gasteiger partial charge in [0.2, 0.25) is 0 Å². The predicted octanol–water partition coefficient (Wildman–Crippen LogP) is 3.47. The molecule has 0 amide bonds. The number of fused-ring (bicyclic) bond motifs is 1. The normalized spacial score (nSPS) is 10.9. The lowest BCUT2D eigenvalue weighted by molar-refractivity contribution is 1.12. The first-order valence-electron chi connectivity index (χ1n) is 5.23. The smallest absolute Gasteiger partial charge is 0.0999 e. The maximum Gasteiger partial charge on any atom is 0.0999 e. The number of aromatic nitrogens is 2. The summed E-state index contributed by atoms with van der Waals surface area (Å²) in [6, 6.07) is 13.3. The molecule has 17 heavy (non-hydrogen) atoms. The molecule has 0 bridgehead atoms. The zero-order chi connectivity index (χ0) is 11.8. The molecule has 0 aliphatic rings. The minimum atomic E-state index is 0.720. The first kappa shape index (κ1) is 10.2. The van der Waals surface area contributed by atoms with Gasteiger partial charge in [-0.25, -0.2) is 0 Å². The van der Waals surface area contributed by atoms with Crippen molar-refractivity contribution in [3.63, 3.8) is 0 Å². The number of nitrogens with two attached hydrogens (primary N) is 1. The highest BCUT2D eigenvalue weighted by molar-refractivity contribution is 6.30. The Hall–Kier alpha value is -2.00. The number of H-pyrrole nitrogens is 1. The third-order valence-electron chi connectivity index (χ3n) is 2.70. The predicted molar refractivity (Wildman–Crippen MR) is 71.0 cm³/mol. The molecule has 2 aromatic carbocycles. The van der Waals surface area contributed by atoms with E-state index >= 15 is 0 Å². The molecule has 0 atom stereocenters. The lowest BCUT2D eigenvalue weighted by Crippen LogP contribution is -1.82. The van der Waals surface area contributed by atoms with E-state index in [1.54, 1.807) is 0 Å². The Balaban J connectivity index is 2.21. The second-order valence-electron chi connectivity index (χ2n) is 3.88. The van der Waals surface area contributed by atoms with E-state index in [-0.39, 0.29) is 0 Å². The molecule has 0 spiro atoms. The van der Waals surface area contributed by atoms with Crippen molar-refractivity contribution in [2.75, 3.05) is 5.73 Å². The quantitative estimate of drug-likeness (QED) is 0.643. The van der Waals surface area contributed by atoms with Crippen LogP contribution < -0.4 is 5.73 Å². The van der Waals surface area contributed by atoms with Crippen molar-refractivity contribution in [1.82, 2.24) is 10.2 Å². The summed E-state index contributed by atoms with van der Waals surface area (Å²) < 4.78 is 0. The number of nitrogen functional groups attached to an aromatic ring is 1. The van der Waals surface area contributed by atoms with Gasteiger partial charge in [-0.2, -0.15) is 5.10 Å². The summed E-state index contributed by atoms with van der Waals surface area (Å²) in [5.41, 5.74) is 9.34. The van der Waals surface area contributed by atoms with Gasteiger partial charge in [0.05, 0.1) is 11.2 Å². The van der Waals surface area contributed by atoms with Gasteiger partial charge in [-0.15, -0.1) is 0 Å². The highest BCUT2D eigenvalue weighted by atomic mass is 35.5. The number of rotatable bonds is 1. The second-order valence-corrected chi connectivity index (χ2v) is 4.32. The van der Waals surface area contributed by atoms with Crippen LogP contribution in [0.2, 0.25) is 5.02 Å². The monoisotopic (exact) mass is 243 g/mol. The molecule has 1 heterocycles. The fourth-order valence-corrected chi connectivity index (χ4v) is 1.99. The Labute approximate surface area is 103 Å². The van der Waals surface area contributed by atoms with E-state index in [1.807, 2.05) is 42.5 Å². The fraction of sp³-hybridized carbons (Fsp3) is 0. The topological polar surface area (TPSA) is 54.7 Å². The highest BCUT2D eigenvalue weighted by Crippen LogP contribution is 2.28. The summed E-state index contributed by atoms with van der Waals surface area (Å²) in [5.74, 6) is 0. The molecule has 0 aliphatic carbocycles. The van der Waals surface area contributed by atoms with E-state index in [4.69, 9.17) is 17.3 Å². The molecule has 0 saturated heterocycles. The molecule has 84 valence electrons. The Morgan fingerprint density at radius 1 is 1.06 bits per heavy atom. The Morgan fingerprint density at radius 3 is 2.59 bits per heavy atom. The van der Waals surface area contributed by atoms with Gasteiger partial charge in [0.15, 0.2) is 0 Å². The summed E-state index contributed by atoms with van der Waals surface area (Å²) in [7, 11) is 0. The number of anilines is 1. The number of aromatic amines is 1. The first-order chi connectivity index (χ1) is 8.24. The van der Waals surface area contributed by atoms with Crippen LogP contribution in [0.15, 0.2) is 42.5 Å². The number of nitrogens with zero attached hydrogens (tertiary/aromatic N) is 1. The average molecular weight is 244 g/mol. The average Bonchev–Trinajstić information content (AvgIpc) is 2.73. The lowest BCUT2D eigenvalue weighted by Gasteiger charge is -1.98. The number of benzene rings is 2. The molecule has 0 fully saturated rings. The summed E-state index contributed by atoms with van der Waals surface area (Å²) in [6.07, 6.45) is 0. The molecular formula is C13H10ClN3. The zero-order valence-corrected chi connectivity index (χ0v) is 9.70. The van der Waals surface area contributed by atoms with E-state index in [2.05, 4.69) is 10.2 Å². The first-order valence-corrected chi connectivity index (χ1v) is 5.61. The second kappa shape index (κ2) is 3.79. The van der Waals surface area contributed by atoms with Crippen LogP contribution in [0.1, 0.15) is 0 Å². The molecule has 0 unspecified atom stereocenters. The SMILES string of the molecule is Nc1ccc2c(-c3ccc(Cl)cc3)n[nH]c2c1. The number of halogens is 1. The Kier molecular flexibility index (Phi) is 2.27. The molecule has 3 aromatic rings. The van der Waals surface area contributed by atoms with Crippen molar-refractivity contribution in [2.45, 2.75) is 0 Å². The Bertz CT molecular complexity index is 671. The number of nitrogens with one attached hydrogen (secondary N) is 1. The van der Waals surface area contributed by atoms with Gasteiger partial charge < -0.3 is 5.73 Å². The van der Waals surface area contributed by atoms with E-state index < -0.39 is 0 Å². The highest BCUT2D eigenvalue weighted by Gasteiger charge is 2.07. The van der Waals surface area contributed by atoms with Crippen LogP contribution in [0.4, 0.5) is 5.69 Å². The van der Waals surface area contributed by atoms with Crippen LogP contribution in [0.3, 0.4) is 0 Å². The van der Waals surface area contributed by atoms with Crippen LogP contribution in [0.5, 0.6) is 0 Å². The van der Waals surface area contributed by atoms with Gasteiger partial charge >= 0.3 is 0 Å². The molecule has 3 N–H and O–H groups in total. The van der Waals surface area contributed by atoms with Gasteiger partial charge in [0.1, 0.15) is 0 Å². The summed E-state index contributed by atoms with van der Waals surface area (Å²) >= 11 is 5.87. The molecule has 3 nitrogen and oxygen atoms in total. The van der Waals surface area contributed by atoms with Crippen molar-refractivity contribution in [2.24, 2.45) is 0 Å². The van der Waals surface area contributed by atoms with Crippen molar-refractivity contribution >= 4 is 28.2 Å². The van der Waals surface area contributed by atoms with Crippen LogP contribution in [0.25, 0.3) is 22.2 Å². The van der Waals surface area contributed by atoms with Gasteiger partial charge in [0.25, 0.3) is 0 Å². The molecule has 1 aromatic heterocycles. The summed E-state index contributed by atoms with van der Waals surface area (Å²) in [6.45, 7) is 0. The van der Waals surface area contributed by atoms with Gasteiger partial charge in [-0.1, -0.05) is 23.7 Å². The molecule has 3 rings (SSSR count). The fourth-order valence-electron chi connectivity index (χ4n) is 1.87. The van der Waals surface area contributed by atoms with Crippen molar-refractivity contribution < 1.29 is 0 Å². The third kappa shape index (κ3) is 1.74. The van der Waals surface area contributed by atoms with Gasteiger partial charge in [-0.3, -0.25) is 5.10 Å². The minimum absolute atomic E-state index is 0.720. The van der Waals surface area contributed by atoms with Crippen molar-refractivity contribution in [1.29, 1.82) is 0 Å². The number of hydrogen-bond acceptors (Lipinski definition) is 2. The molecular weight excluding hydrogens is 234 g/mol. The maximum atomic E-state index is 5.87. The summed E-state index contributed by atoms with van der Waals surface area (Å²) in [5, 5.41) is 9.07. The maximum absolute atomic E-state index is 5.87. The molecule has 0 aliphatic heterocycles. The molecule has 0 radical (unpaired) electrons. The van der Waals surface area contributed by atoms with Crippen molar-refractivity contribution in [3.8, 4) is 11.3 Å². The standard InChI is InChI=1S/C13H10ClN3/c14-9-3-1-8(2-4-9)13-11-6-5-10(15)7-12(11)16-17-13/h1-7H,15H2,(H,16,17). The van der Waals surface area contributed by atoms with Crippen molar-refractivity contribution in [3.05, 3.63) is 47.5 Å². The van der Waals surface area contributed by atoms with Gasteiger partial charge in [0, 0.05) is 21.7 Å². The van der Waals surface area contributed by atoms with E-state index in [0.29, 0.717) is 0 Å². The van der Waals surface area contributed by atoms with E-state index in [9.17, 15) is 0 Å². The van der Waals surface area contributed by atoms with Crippen LogP contribution in [-0.4, -0.2) is 10.2 Å². The molecule has 0 saturated carbocycles. The van der Waals surface area contributed by atoms with Gasteiger partial charge in [-0.05, 0) is 30.3 Å². The third-order valence-corrected chi connectivity index (χ3v) is 2.96. The van der Waals surface area contributed by atoms with Crippen LogP contribution in [-0.2, 0) is 0 Å². The lowest BCUT2D eigenvalue weighted by atomic mass is 10.1. The zero-order valence-electron chi connectivity index (χ0n) is 8.94. The van der Waals surface area contributed by atoms with Crippen LogP contribution >= 0.6 is 11.6 Å². The molecule has 4 heteroatoms. The largest absolute Gasteiger partial charge is 0.399 e. The van der Waals surface area contributed by atoms with Crippen LogP contribution in [0, 0.1) is 0 Å². The minimum Gasteiger partial charge on any atom is -0.399 e. The summed E-state index contributed by atoms with van der Waals surface area (Å²) in [4.78, 5) is 0. The van der Waals surface area contributed by atoms with E-state index in [0.717, 1.165) is 32.9 Å².